The number of nitrogens with zero attached hydrogens (tertiary/aromatic N) is 2. The van der Waals surface area contributed by atoms with E-state index in [1.54, 1.807) is 12.1 Å². The van der Waals surface area contributed by atoms with Crippen molar-refractivity contribution in [3.8, 4) is 17.1 Å². The molecule has 5 nitrogen and oxygen atoms in total. The minimum atomic E-state index is -0.204. The highest BCUT2D eigenvalue weighted by molar-refractivity contribution is 5.74. The number of hydrogen-bond acceptors (Lipinski definition) is 5. The Kier molecular flexibility index (Phi) is 9.63. The molecule has 28 heavy (non-hydrogen) atoms. The highest BCUT2D eigenvalue weighted by Gasteiger charge is 2.13. The Morgan fingerprint density at radius 3 is 2.32 bits per heavy atom. The summed E-state index contributed by atoms with van der Waals surface area (Å²) >= 11 is 0. The van der Waals surface area contributed by atoms with E-state index in [2.05, 4.69) is 16.9 Å². The number of aryl methyl sites for hydroxylation is 1. The lowest BCUT2D eigenvalue weighted by atomic mass is 10.1. The summed E-state index contributed by atoms with van der Waals surface area (Å²) in [6.45, 7) is 7.66. The zero-order valence-corrected chi connectivity index (χ0v) is 17.3. The minimum absolute atomic E-state index is 0.0997. The fraction of sp³-hybridized carbons (Fsp3) is 0.522. The summed E-state index contributed by atoms with van der Waals surface area (Å²) in [5.74, 6) is 0.909. The van der Waals surface area contributed by atoms with Crippen LogP contribution in [-0.4, -0.2) is 29.2 Å². The Bertz CT molecular complexity index is 699. The van der Waals surface area contributed by atoms with Crippen LogP contribution in [-0.2, 0) is 16.0 Å². The summed E-state index contributed by atoms with van der Waals surface area (Å²) in [6.07, 6.45) is 10.00. The number of benzene rings is 1. The molecule has 1 unspecified atom stereocenters. The van der Waals surface area contributed by atoms with E-state index in [9.17, 15) is 4.79 Å². The summed E-state index contributed by atoms with van der Waals surface area (Å²) in [4.78, 5) is 20.8. The standard InChI is InChI=1S/C23H32N2O3/c1-4-6-7-14-27-15-8-9-19-16-24-22(25-17-19)20-10-12-21(13-11-20)28-23(26)18(3)5-2/h10-13,16-18H,4-9,14-15H2,1-3H3. The van der Waals surface area contributed by atoms with Gasteiger partial charge in [-0.2, -0.15) is 0 Å². The van der Waals surface area contributed by atoms with Crippen LogP contribution in [0.15, 0.2) is 36.7 Å². The number of carbonyl (C=O) groups is 1. The van der Waals surface area contributed by atoms with Crippen LogP contribution < -0.4 is 4.74 Å². The Morgan fingerprint density at radius 2 is 1.68 bits per heavy atom. The molecule has 0 aliphatic rings. The van der Waals surface area contributed by atoms with Gasteiger partial charge in [0.1, 0.15) is 5.75 Å². The highest BCUT2D eigenvalue weighted by Crippen LogP contribution is 2.20. The molecule has 1 aromatic carbocycles. The maximum absolute atomic E-state index is 11.9. The maximum atomic E-state index is 11.9. The molecule has 0 saturated carbocycles. The van der Waals surface area contributed by atoms with E-state index in [1.165, 1.54) is 12.8 Å². The number of rotatable bonds is 12. The van der Waals surface area contributed by atoms with Crippen LogP contribution in [0.5, 0.6) is 5.75 Å². The van der Waals surface area contributed by atoms with Crippen molar-refractivity contribution >= 4 is 5.97 Å². The molecule has 0 amide bonds. The topological polar surface area (TPSA) is 61.3 Å². The van der Waals surface area contributed by atoms with Crippen molar-refractivity contribution in [3.05, 3.63) is 42.2 Å². The lowest BCUT2D eigenvalue weighted by molar-refractivity contribution is -0.138. The molecule has 152 valence electrons. The lowest BCUT2D eigenvalue weighted by Crippen LogP contribution is -2.16. The Balaban J connectivity index is 1.80. The largest absolute Gasteiger partial charge is 0.426 e. The Labute approximate surface area is 168 Å². The molecule has 0 spiro atoms. The van der Waals surface area contributed by atoms with Gasteiger partial charge in [0.15, 0.2) is 5.82 Å². The molecule has 0 radical (unpaired) electrons. The van der Waals surface area contributed by atoms with Crippen molar-refractivity contribution in [1.82, 2.24) is 9.97 Å². The molecule has 0 bridgehead atoms. The van der Waals surface area contributed by atoms with Gasteiger partial charge in [-0.1, -0.05) is 33.6 Å². The fourth-order valence-corrected chi connectivity index (χ4v) is 2.62. The molecule has 0 N–H and O–H groups in total. The average Bonchev–Trinajstić information content (AvgIpc) is 2.73. The van der Waals surface area contributed by atoms with Crippen molar-refractivity contribution in [2.24, 2.45) is 5.92 Å². The quantitative estimate of drug-likeness (QED) is 0.285. The van der Waals surface area contributed by atoms with Gasteiger partial charge in [0.2, 0.25) is 0 Å². The van der Waals surface area contributed by atoms with Crippen LogP contribution in [0.25, 0.3) is 11.4 Å². The average molecular weight is 385 g/mol. The zero-order valence-electron chi connectivity index (χ0n) is 17.3. The SMILES string of the molecule is CCCCCOCCCc1cnc(-c2ccc(OC(=O)C(C)CC)cc2)nc1. The Hall–Kier alpha value is -2.27. The van der Waals surface area contributed by atoms with E-state index in [4.69, 9.17) is 9.47 Å². The lowest BCUT2D eigenvalue weighted by Gasteiger charge is -2.09. The van der Waals surface area contributed by atoms with Gasteiger partial charge >= 0.3 is 5.97 Å². The van der Waals surface area contributed by atoms with E-state index in [1.807, 2.05) is 38.4 Å². The second-order valence-corrected chi connectivity index (χ2v) is 7.09. The normalized spacial score (nSPS) is 12.0. The van der Waals surface area contributed by atoms with E-state index in [-0.39, 0.29) is 11.9 Å². The van der Waals surface area contributed by atoms with Crippen LogP contribution in [0.3, 0.4) is 0 Å². The van der Waals surface area contributed by atoms with Gasteiger partial charge in [-0.25, -0.2) is 9.97 Å². The molecule has 0 aliphatic carbocycles. The third kappa shape index (κ3) is 7.39. The molecule has 5 heteroatoms. The molecule has 0 fully saturated rings. The predicted octanol–water partition coefficient (Wildman–Crippen LogP) is 5.23. The molecule has 1 heterocycles. The van der Waals surface area contributed by atoms with Crippen LogP contribution in [0.2, 0.25) is 0 Å². The molecule has 1 aromatic heterocycles. The fourth-order valence-electron chi connectivity index (χ4n) is 2.62. The first kappa shape index (κ1) is 22.0. The molecular formula is C23H32N2O3. The van der Waals surface area contributed by atoms with E-state index in [0.717, 1.165) is 50.0 Å². The third-order valence-electron chi connectivity index (χ3n) is 4.70. The van der Waals surface area contributed by atoms with Gasteiger partial charge in [0.25, 0.3) is 0 Å². The number of aromatic nitrogens is 2. The first-order valence-electron chi connectivity index (χ1n) is 10.3. The second kappa shape index (κ2) is 12.2. The third-order valence-corrected chi connectivity index (χ3v) is 4.70. The number of unbranched alkanes of at least 4 members (excludes halogenated alkanes) is 2. The summed E-state index contributed by atoms with van der Waals surface area (Å²) in [6, 6.07) is 7.31. The van der Waals surface area contributed by atoms with Crippen molar-refractivity contribution in [3.63, 3.8) is 0 Å². The van der Waals surface area contributed by atoms with Crippen LogP contribution in [0.4, 0.5) is 0 Å². The van der Waals surface area contributed by atoms with Gasteiger partial charge in [-0.05, 0) is 55.5 Å². The molecule has 0 saturated heterocycles. The number of esters is 1. The van der Waals surface area contributed by atoms with Gasteiger partial charge in [0, 0.05) is 31.2 Å². The van der Waals surface area contributed by atoms with Gasteiger partial charge in [-0.15, -0.1) is 0 Å². The molecular weight excluding hydrogens is 352 g/mol. The summed E-state index contributed by atoms with van der Waals surface area (Å²) in [7, 11) is 0. The highest BCUT2D eigenvalue weighted by atomic mass is 16.5. The first-order chi connectivity index (χ1) is 13.6. The van der Waals surface area contributed by atoms with Gasteiger partial charge in [-0.3, -0.25) is 4.79 Å². The molecule has 2 rings (SSSR count). The van der Waals surface area contributed by atoms with Crippen LogP contribution in [0.1, 0.15) is 58.4 Å². The molecule has 1 atom stereocenters. The maximum Gasteiger partial charge on any atom is 0.314 e. The van der Waals surface area contributed by atoms with Crippen LogP contribution >= 0.6 is 0 Å². The summed E-state index contributed by atoms with van der Waals surface area (Å²) in [5, 5.41) is 0. The smallest absolute Gasteiger partial charge is 0.314 e. The first-order valence-corrected chi connectivity index (χ1v) is 10.3. The predicted molar refractivity (Wildman–Crippen MR) is 111 cm³/mol. The van der Waals surface area contributed by atoms with E-state index >= 15 is 0 Å². The number of hydrogen-bond donors (Lipinski definition) is 0. The zero-order chi connectivity index (χ0) is 20.2. The number of carbonyl (C=O) groups excluding carboxylic acids is 1. The van der Waals surface area contributed by atoms with Gasteiger partial charge < -0.3 is 9.47 Å². The summed E-state index contributed by atoms with van der Waals surface area (Å²) < 4.78 is 11.0. The minimum Gasteiger partial charge on any atom is -0.426 e. The Morgan fingerprint density at radius 1 is 1.00 bits per heavy atom. The molecule has 2 aromatic rings. The molecule has 0 aliphatic heterocycles. The van der Waals surface area contributed by atoms with Crippen molar-refractivity contribution in [2.75, 3.05) is 13.2 Å². The second-order valence-electron chi connectivity index (χ2n) is 7.09. The van der Waals surface area contributed by atoms with E-state index in [0.29, 0.717) is 11.6 Å². The van der Waals surface area contributed by atoms with Crippen molar-refractivity contribution in [1.29, 1.82) is 0 Å². The number of ether oxygens (including phenoxy) is 2. The van der Waals surface area contributed by atoms with Crippen molar-refractivity contribution in [2.45, 2.75) is 59.3 Å². The summed E-state index contributed by atoms with van der Waals surface area (Å²) in [5.41, 5.74) is 2.01. The van der Waals surface area contributed by atoms with Crippen molar-refractivity contribution < 1.29 is 14.3 Å². The van der Waals surface area contributed by atoms with Crippen LogP contribution in [0, 0.1) is 5.92 Å². The van der Waals surface area contributed by atoms with Gasteiger partial charge in [0.05, 0.1) is 5.92 Å². The van der Waals surface area contributed by atoms with E-state index < -0.39 is 0 Å². The monoisotopic (exact) mass is 384 g/mol.